The Morgan fingerprint density at radius 3 is 1.84 bits per heavy atom. The van der Waals surface area contributed by atoms with Crippen molar-refractivity contribution < 1.29 is 19.0 Å². The standard InChI is InChI=1S/C20H25NO4/c1-14(2)24-18-9-11-20(12-10-18)25-19-7-5-17(6-8-19)23-13-15(3)21-16(4)22/h5-12,14-15H,13H2,1-4H3,(H,21,22). The van der Waals surface area contributed by atoms with Gasteiger partial charge in [-0.3, -0.25) is 4.79 Å². The first-order valence-electron chi connectivity index (χ1n) is 8.37. The molecule has 5 heteroatoms. The Morgan fingerprint density at radius 2 is 1.36 bits per heavy atom. The lowest BCUT2D eigenvalue weighted by Crippen LogP contribution is -2.35. The average Bonchev–Trinajstić information content (AvgIpc) is 2.55. The highest BCUT2D eigenvalue weighted by Crippen LogP contribution is 2.26. The van der Waals surface area contributed by atoms with Gasteiger partial charge in [0.2, 0.25) is 5.91 Å². The lowest BCUT2D eigenvalue weighted by molar-refractivity contribution is -0.119. The molecule has 0 heterocycles. The number of nitrogens with one attached hydrogen (secondary N) is 1. The molecule has 0 spiro atoms. The Labute approximate surface area is 148 Å². The van der Waals surface area contributed by atoms with Gasteiger partial charge in [0.15, 0.2) is 0 Å². The lowest BCUT2D eigenvalue weighted by atomic mass is 10.3. The van der Waals surface area contributed by atoms with Crippen molar-refractivity contribution in [3.8, 4) is 23.0 Å². The van der Waals surface area contributed by atoms with Crippen molar-refractivity contribution in [1.82, 2.24) is 5.32 Å². The first kappa shape index (κ1) is 18.6. The fraction of sp³-hybridized carbons (Fsp3) is 0.350. The van der Waals surface area contributed by atoms with Gasteiger partial charge in [0.05, 0.1) is 12.1 Å². The van der Waals surface area contributed by atoms with Gasteiger partial charge in [0.25, 0.3) is 0 Å². The fourth-order valence-corrected chi connectivity index (χ4v) is 2.21. The average molecular weight is 343 g/mol. The first-order chi connectivity index (χ1) is 11.9. The highest BCUT2D eigenvalue weighted by atomic mass is 16.5. The van der Waals surface area contributed by atoms with Crippen molar-refractivity contribution >= 4 is 5.91 Å². The molecule has 2 rings (SSSR count). The molecule has 0 saturated heterocycles. The van der Waals surface area contributed by atoms with Crippen LogP contribution in [0.3, 0.4) is 0 Å². The highest BCUT2D eigenvalue weighted by Gasteiger charge is 2.05. The maximum atomic E-state index is 11.0. The summed E-state index contributed by atoms with van der Waals surface area (Å²) >= 11 is 0. The summed E-state index contributed by atoms with van der Waals surface area (Å²) in [4.78, 5) is 11.0. The van der Waals surface area contributed by atoms with Crippen LogP contribution < -0.4 is 19.5 Å². The van der Waals surface area contributed by atoms with Crippen LogP contribution >= 0.6 is 0 Å². The van der Waals surface area contributed by atoms with E-state index in [4.69, 9.17) is 14.2 Å². The molecule has 0 aliphatic heterocycles. The SMILES string of the molecule is CC(=O)NC(C)COc1ccc(Oc2ccc(OC(C)C)cc2)cc1. The minimum atomic E-state index is -0.0651. The molecule has 2 aromatic rings. The Balaban J connectivity index is 1.86. The number of ether oxygens (including phenoxy) is 3. The normalized spacial score (nSPS) is 11.7. The molecule has 1 unspecified atom stereocenters. The summed E-state index contributed by atoms with van der Waals surface area (Å²) in [6.07, 6.45) is 0.146. The number of rotatable bonds is 8. The molecule has 134 valence electrons. The van der Waals surface area contributed by atoms with E-state index in [0.29, 0.717) is 6.61 Å². The molecular weight excluding hydrogens is 318 g/mol. The van der Waals surface area contributed by atoms with Crippen molar-refractivity contribution in [2.24, 2.45) is 0 Å². The molecule has 0 bridgehead atoms. The Bertz CT molecular complexity index is 665. The smallest absolute Gasteiger partial charge is 0.217 e. The summed E-state index contributed by atoms with van der Waals surface area (Å²) in [5, 5.41) is 2.77. The molecule has 1 amide bonds. The van der Waals surface area contributed by atoms with Crippen molar-refractivity contribution in [3.63, 3.8) is 0 Å². The van der Waals surface area contributed by atoms with E-state index in [1.165, 1.54) is 6.92 Å². The zero-order chi connectivity index (χ0) is 18.2. The molecule has 0 fully saturated rings. The quantitative estimate of drug-likeness (QED) is 0.781. The van der Waals surface area contributed by atoms with Crippen LogP contribution in [-0.2, 0) is 4.79 Å². The predicted molar refractivity (Wildman–Crippen MR) is 97.5 cm³/mol. The van der Waals surface area contributed by atoms with Crippen LogP contribution in [0.1, 0.15) is 27.7 Å². The van der Waals surface area contributed by atoms with E-state index in [2.05, 4.69) is 5.32 Å². The molecular formula is C20H25NO4. The minimum Gasteiger partial charge on any atom is -0.491 e. The van der Waals surface area contributed by atoms with Gasteiger partial charge in [-0.2, -0.15) is 0 Å². The largest absolute Gasteiger partial charge is 0.491 e. The molecule has 1 atom stereocenters. The van der Waals surface area contributed by atoms with Crippen LogP contribution in [-0.4, -0.2) is 24.7 Å². The van der Waals surface area contributed by atoms with Gasteiger partial charge in [-0.15, -0.1) is 0 Å². The van der Waals surface area contributed by atoms with Crippen molar-refractivity contribution in [1.29, 1.82) is 0 Å². The van der Waals surface area contributed by atoms with E-state index in [1.54, 1.807) is 0 Å². The molecule has 2 aromatic carbocycles. The molecule has 5 nitrogen and oxygen atoms in total. The predicted octanol–water partition coefficient (Wildman–Crippen LogP) is 4.17. The van der Waals surface area contributed by atoms with E-state index in [9.17, 15) is 4.79 Å². The zero-order valence-corrected chi connectivity index (χ0v) is 15.1. The third kappa shape index (κ3) is 6.75. The monoisotopic (exact) mass is 343 g/mol. The summed E-state index contributed by atoms with van der Waals surface area (Å²) in [5.41, 5.74) is 0. The molecule has 0 aliphatic rings. The molecule has 0 aliphatic carbocycles. The number of carbonyl (C=O) groups is 1. The Morgan fingerprint density at radius 1 is 0.880 bits per heavy atom. The van der Waals surface area contributed by atoms with Crippen LogP contribution in [0.25, 0.3) is 0 Å². The third-order valence-corrected chi connectivity index (χ3v) is 3.20. The molecule has 0 radical (unpaired) electrons. The van der Waals surface area contributed by atoms with E-state index in [0.717, 1.165) is 23.0 Å². The number of benzene rings is 2. The fourth-order valence-electron chi connectivity index (χ4n) is 2.21. The topological polar surface area (TPSA) is 56.8 Å². The maximum Gasteiger partial charge on any atom is 0.217 e. The van der Waals surface area contributed by atoms with E-state index < -0.39 is 0 Å². The minimum absolute atomic E-state index is 0.0417. The maximum absolute atomic E-state index is 11.0. The number of carbonyl (C=O) groups excluding carboxylic acids is 1. The highest BCUT2D eigenvalue weighted by molar-refractivity contribution is 5.73. The molecule has 0 aromatic heterocycles. The van der Waals surface area contributed by atoms with Gasteiger partial charge >= 0.3 is 0 Å². The summed E-state index contributed by atoms with van der Waals surface area (Å²) in [5.74, 6) is 2.94. The van der Waals surface area contributed by atoms with Crippen molar-refractivity contribution in [2.75, 3.05) is 6.61 Å². The van der Waals surface area contributed by atoms with Crippen LogP contribution in [0.15, 0.2) is 48.5 Å². The third-order valence-electron chi connectivity index (χ3n) is 3.20. The first-order valence-corrected chi connectivity index (χ1v) is 8.37. The lowest BCUT2D eigenvalue weighted by Gasteiger charge is -2.14. The van der Waals surface area contributed by atoms with Gasteiger partial charge < -0.3 is 19.5 Å². The molecule has 1 N–H and O–H groups in total. The van der Waals surface area contributed by atoms with Crippen molar-refractivity contribution in [3.05, 3.63) is 48.5 Å². The van der Waals surface area contributed by atoms with Crippen LogP contribution in [0.2, 0.25) is 0 Å². The van der Waals surface area contributed by atoms with Gasteiger partial charge in [0.1, 0.15) is 29.6 Å². The summed E-state index contributed by atoms with van der Waals surface area (Å²) in [6, 6.07) is 14.8. The summed E-state index contributed by atoms with van der Waals surface area (Å²) < 4.78 is 17.1. The second kappa shape index (κ2) is 8.97. The van der Waals surface area contributed by atoms with Crippen molar-refractivity contribution in [2.45, 2.75) is 39.8 Å². The Kier molecular flexibility index (Phi) is 6.69. The summed E-state index contributed by atoms with van der Waals surface area (Å²) in [7, 11) is 0. The number of hydrogen-bond donors (Lipinski definition) is 1. The van der Waals surface area contributed by atoms with Gasteiger partial charge in [-0.1, -0.05) is 0 Å². The zero-order valence-electron chi connectivity index (χ0n) is 15.1. The van der Waals surface area contributed by atoms with E-state index in [-0.39, 0.29) is 18.1 Å². The van der Waals surface area contributed by atoms with Gasteiger partial charge in [-0.25, -0.2) is 0 Å². The van der Waals surface area contributed by atoms with Gasteiger partial charge in [0, 0.05) is 6.92 Å². The number of amides is 1. The van der Waals surface area contributed by atoms with Crippen LogP contribution in [0.4, 0.5) is 0 Å². The van der Waals surface area contributed by atoms with Gasteiger partial charge in [-0.05, 0) is 69.3 Å². The van der Waals surface area contributed by atoms with Crippen LogP contribution in [0.5, 0.6) is 23.0 Å². The molecule has 0 saturated carbocycles. The van der Waals surface area contributed by atoms with Crippen LogP contribution in [0, 0.1) is 0 Å². The second-order valence-electron chi connectivity index (χ2n) is 6.12. The summed E-state index contributed by atoms with van der Waals surface area (Å²) in [6.45, 7) is 7.78. The van der Waals surface area contributed by atoms with E-state index >= 15 is 0 Å². The second-order valence-corrected chi connectivity index (χ2v) is 6.12. The molecule has 25 heavy (non-hydrogen) atoms. The number of hydrogen-bond acceptors (Lipinski definition) is 4. The van der Waals surface area contributed by atoms with E-state index in [1.807, 2.05) is 69.3 Å². The Hall–Kier alpha value is -2.69.